The van der Waals surface area contributed by atoms with Crippen molar-refractivity contribution >= 4 is 18.3 Å². The number of benzene rings is 2. The Morgan fingerprint density at radius 3 is 2.36 bits per heavy atom. The molecule has 0 atom stereocenters. The molecule has 0 saturated heterocycles. The van der Waals surface area contributed by atoms with Crippen LogP contribution in [0.25, 0.3) is 0 Å². The molecule has 136 valence electrons. The Bertz CT molecular complexity index is 635. The average molecular weight is 363 g/mol. The number of carbonyl (C=O) groups is 1. The first-order chi connectivity index (χ1) is 11.7. The lowest BCUT2D eigenvalue weighted by Gasteiger charge is -2.22. The Kier molecular flexibility index (Phi) is 9.66. The van der Waals surface area contributed by atoms with Crippen molar-refractivity contribution in [2.75, 3.05) is 26.7 Å². The Balaban J connectivity index is 0.00000312. The van der Waals surface area contributed by atoms with Crippen LogP contribution in [0.2, 0.25) is 0 Å². The fourth-order valence-corrected chi connectivity index (χ4v) is 2.73. The maximum Gasteiger partial charge on any atom is 0.222 e. The minimum atomic E-state index is 0. The zero-order valence-electron chi connectivity index (χ0n) is 14.7. The first-order valence-corrected chi connectivity index (χ1v) is 8.38. The second-order valence-electron chi connectivity index (χ2n) is 5.72. The molecule has 2 rings (SSSR count). The summed E-state index contributed by atoms with van der Waals surface area (Å²) in [5.74, 6) is 0.974. The van der Waals surface area contributed by atoms with Gasteiger partial charge in [0.25, 0.3) is 0 Å². The SMILES string of the molecule is COc1ccccc1CCC(=O)N(CCN)CCc1ccccc1.Cl. The van der Waals surface area contributed by atoms with Gasteiger partial charge in [0.1, 0.15) is 5.75 Å². The minimum Gasteiger partial charge on any atom is -0.496 e. The van der Waals surface area contributed by atoms with E-state index in [0.29, 0.717) is 32.5 Å². The molecular formula is C20H27ClN2O2. The molecule has 0 aromatic heterocycles. The summed E-state index contributed by atoms with van der Waals surface area (Å²) in [6.07, 6.45) is 1.99. The molecule has 0 spiro atoms. The number of halogens is 1. The predicted molar refractivity (Wildman–Crippen MR) is 104 cm³/mol. The molecule has 2 N–H and O–H groups in total. The number of rotatable bonds is 9. The summed E-state index contributed by atoms with van der Waals surface area (Å²) >= 11 is 0. The van der Waals surface area contributed by atoms with Crippen molar-refractivity contribution in [2.45, 2.75) is 19.3 Å². The summed E-state index contributed by atoms with van der Waals surface area (Å²) in [6.45, 7) is 1.78. The quantitative estimate of drug-likeness (QED) is 0.745. The van der Waals surface area contributed by atoms with Crippen molar-refractivity contribution in [3.63, 3.8) is 0 Å². The number of hydrogen-bond acceptors (Lipinski definition) is 3. The Hall–Kier alpha value is -2.04. The van der Waals surface area contributed by atoms with Crippen LogP contribution >= 0.6 is 12.4 Å². The van der Waals surface area contributed by atoms with E-state index in [2.05, 4.69) is 12.1 Å². The van der Waals surface area contributed by atoms with Crippen molar-refractivity contribution in [3.8, 4) is 5.75 Å². The molecule has 0 aliphatic carbocycles. The molecule has 0 heterocycles. The first-order valence-electron chi connectivity index (χ1n) is 8.38. The molecule has 5 heteroatoms. The highest BCUT2D eigenvalue weighted by atomic mass is 35.5. The second-order valence-corrected chi connectivity index (χ2v) is 5.72. The van der Waals surface area contributed by atoms with Gasteiger partial charge in [-0.15, -0.1) is 12.4 Å². The van der Waals surface area contributed by atoms with Crippen LogP contribution in [-0.4, -0.2) is 37.6 Å². The topological polar surface area (TPSA) is 55.6 Å². The van der Waals surface area contributed by atoms with Gasteiger partial charge in [-0.05, 0) is 30.0 Å². The fourth-order valence-electron chi connectivity index (χ4n) is 2.73. The van der Waals surface area contributed by atoms with Crippen LogP contribution in [0.3, 0.4) is 0 Å². The molecule has 4 nitrogen and oxygen atoms in total. The summed E-state index contributed by atoms with van der Waals surface area (Å²) in [6, 6.07) is 18.0. The van der Waals surface area contributed by atoms with E-state index in [1.165, 1.54) is 5.56 Å². The van der Waals surface area contributed by atoms with Gasteiger partial charge in [0.15, 0.2) is 0 Å². The predicted octanol–water partition coefficient (Wildman–Crippen LogP) is 3.08. The Morgan fingerprint density at radius 2 is 1.68 bits per heavy atom. The lowest BCUT2D eigenvalue weighted by Crippen LogP contribution is -2.37. The zero-order valence-corrected chi connectivity index (χ0v) is 15.5. The van der Waals surface area contributed by atoms with Crippen LogP contribution in [0.4, 0.5) is 0 Å². The standard InChI is InChI=1S/C20H26N2O2.ClH/c1-24-19-10-6-5-9-18(19)11-12-20(23)22(16-14-21)15-13-17-7-3-2-4-8-17;/h2-10H,11-16,21H2,1H3;1H. The van der Waals surface area contributed by atoms with Gasteiger partial charge in [-0.1, -0.05) is 48.5 Å². The molecule has 0 saturated carbocycles. The fraction of sp³-hybridized carbons (Fsp3) is 0.350. The number of nitrogens with zero attached hydrogens (tertiary/aromatic N) is 1. The molecule has 0 aliphatic rings. The third kappa shape index (κ3) is 6.77. The number of amides is 1. The highest BCUT2D eigenvalue weighted by Gasteiger charge is 2.14. The first kappa shape index (κ1) is 21.0. The van der Waals surface area contributed by atoms with Crippen molar-refractivity contribution < 1.29 is 9.53 Å². The maximum atomic E-state index is 12.6. The number of para-hydroxylation sites is 1. The van der Waals surface area contributed by atoms with E-state index < -0.39 is 0 Å². The molecule has 0 fully saturated rings. The summed E-state index contributed by atoms with van der Waals surface area (Å²) in [5, 5.41) is 0. The molecule has 25 heavy (non-hydrogen) atoms. The molecule has 0 radical (unpaired) electrons. The Labute approximate surface area is 156 Å². The lowest BCUT2D eigenvalue weighted by atomic mass is 10.1. The van der Waals surface area contributed by atoms with Gasteiger partial charge in [-0.2, -0.15) is 0 Å². The van der Waals surface area contributed by atoms with Gasteiger partial charge in [-0.25, -0.2) is 0 Å². The third-order valence-corrected chi connectivity index (χ3v) is 4.07. The van der Waals surface area contributed by atoms with E-state index in [9.17, 15) is 4.79 Å². The summed E-state index contributed by atoms with van der Waals surface area (Å²) in [4.78, 5) is 14.4. The number of ether oxygens (including phenoxy) is 1. The molecule has 0 bridgehead atoms. The highest BCUT2D eigenvalue weighted by Crippen LogP contribution is 2.19. The van der Waals surface area contributed by atoms with Crippen LogP contribution in [0.5, 0.6) is 5.75 Å². The van der Waals surface area contributed by atoms with Crippen molar-refractivity contribution in [3.05, 3.63) is 65.7 Å². The van der Waals surface area contributed by atoms with Gasteiger partial charge in [0.05, 0.1) is 7.11 Å². The largest absolute Gasteiger partial charge is 0.496 e. The van der Waals surface area contributed by atoms with Crippen LogP contribution in [0, 0.1) is 0 Å². The summed E-state index contributed by atoms with van der Waals surface area (Å²) in [7, 11) is 1.65. The van der Waals surface area contributed by atoms with E-state index >= 15 is 0 Å². The molecule has 1 amide bonds. The number of methoxy groups -OCH3 is 1. The normalized spacial score (nSPS) is 10.0. The molecule has 0 unspecified atom stereocenters. The van der Waals surface area contributed by atoms with E-state index in [0.717, 1.165) is 17.7 Å². The van der Waals surface area contributed by atoms with Gasteiger partial charge in [0, 0.05) is 26.1 Å². The maximum absolute atomic E-state index is 12.6. The molecule has 2 aromatic carbocycles. The van der Waals surface area contributed by atoms with E-state index in [1.807, 2.05) is 47.4 Å². The number of nitrogens with two attached hydrogens (primary N) is 1. The molecule has 2 aromatic rings. The zero-order chi connectivity index (χ0) is 17.2. The van der Waals surface area contributed by atoms with Crippen molar-refractivity contribution in [1.82, 2.24) is 4.90 Å². The average Bonchev–Trinajstić information content (AvgIpc) is 2.64. The lowest BCUT2D eigenvalue weighted by molar-refractivity contribution is -0.131. The van der Waals surface area contributed by atoms with E-state index in [1.54, 1.807) is 7.11 Å². The smallest absolute Gasteiger partial charge is 0.222 e. The summed E-state index contributed by atoms with van der Waals surface area (Å²) < 4.78 is 5.35. The molecular weight excluding hydrogens is 336 g/mol. The number of aryl methyl sites for hydroxylation is 1. The number of hydrogen-bond donors (Lipinski definition) is 1. The molecule has 0 aliphatic heterocycles. The van der Waals surface area contributed by atoms with E-state index in [-0.39, 0.29) is 18.3 Å². The van der Waals surface area contributed by atoms with Crippen LogP contribution < -0.4 is 10.5 Å². The van der Waals surface area contributed by atoms with Crippen molar-refractivity contribution in [2.24, 2.45) is 5.73 Å². The van der Waals surface area contributed by atoms with Gasteiger partial charge < -0.3 is 15.4 Å². The second kappa shape index (κ2) is 11.5. The van der Waals surface area contributed by atoms with Gasteiger partial charge in [-0.3, -0.25) is 4.79 Å². The third-order valence-electron chi connectivity index (χ3n) is 4.07. The van der Waals surface area contributed by atoms with Gasteiger partial charge >= 0.3 is 0 Å². The minimum absolute atomic E-state index is 0. The van der Waals surface area contributed by atoms with Gasteiger partial charge in [0.2, 0.25) is 5.91 Å². The van der Waals surface area contributed by atoms with Crippen molar-refractivity contribution in [1.29, 1.82) is 0 Å². The Morgan fingerprint density at radius 1 is 1.00 bits per heavy atom. The van der Waals surface area contributed by atoms with E-state index in [4.69, 9.17) is 10.5 Å². The monoisotopic (exact) mass is 362 g/mol. The summed E-state index contributed by atoms with van der Waals surface area (Å²) in [5.41, 5.74) is 7.97. The van der Waals surface area contributed by atoms with Crippen LogP contribution in [0.1, 0.15) is 17.5 Å². The van der Waals surface area contributed by atoms with Crippen LogP contribution in [-0.2, 0) is 17.6 Å². The highest BCUT2D eigenvalue weighted by molar-refractivity contribution is 5.85. The number of carbonyl (C=O) groups excluding carboxylic acids is 1. The van der Waals surface area contributed by atoms with Crippen LogP contribution in [0.15, 0.2) is 54.6 Å².